The molecule has 3 rings (SSSR count). The van der Waals surface area contributed by atoms with Gasteiger partial charge in [0.2, 0.25) is 0 Å². The normalized spacial score (nSPS) is 23.8. The average molecular weight is 479 g/mol. The van der Waals surface area contributed by atoms with Crippen molar-refractivity contribution in [3.8, 4) is 0 Å². The van der Waals surface area contributed by atoms with Crippen LogP contribution in [0.25, 0.3) is 0 Å². The van der Waals surface area contributed by atoms with Crippen molar-refractivity contribution in [1.29, 1.82) is 0 Å². The zero-order chi connectivity index (χ0) is 17.5. The van der Waals surface area contributed by atoms with E-state index in [-0.39, 0.29) is 36.2 Å². The largest absolute Gasteiger partial charge is 0.377 e. The maximum Gasteiger partial charge on any atom is 0.193 e. The number of aliphatic imine (C=N–C) groups is 1. The Balaban J connectivity index is 0.00000243. The summed E-state index contributed by atoms with van der Waals surface area (Å²) in [6.07, 6.45) is 6.43. The van der Waals surface area contributed by atoms with E-state index in [0.717, 1.165) is 50.6 Å². The van der Waals surface area contributed by atoms with E-state index >= 15 is 0 Å². The molecular formula is C17H30IN5O3. The quantitative estimate of drug-likeness (QED) is 0.286. The van der Waals surface area contributed by atoms with Crippen molar-refractivity contribution in [3.63, 3.8) is 0 Å². The first-order valence-corrected chi connectivity index (χ1v) is 9.01. The van der Waals surface area contributed by atoms with Gasteiger partial charge >= 0.3 is 0 Å². The van der Waals surface area contributed by atoms with Gasteiger partial charge in [-0.3, -0.25) is 9.67 Å². The molecule has 2 atom stereocenters. The number of ether oxygens (including phenoxy) is 3. The van der Waals surface area contributed by atoms with Gasteiger partial charge in [0.05, 0.1) is 38.7 Å². The lowest BCUT2D eigenvalue weighted by atomic mass is 10.1. The molecule has 0 radical (unpaired) electrons. The van der Waals surface area contributed by atoms with Crippen molar-refractivity contribution in [2.75, 3.05) is 53.1 Å². The molecule has 0 bridgehead atoms. The molecule has 0 saturated carbocycles. The highest BCUT2D eigenvalue weighted by Gasteiger charge is 2.25. The highest BCUT2D eigenvalue weighted by Crippen LogP contribution is 2.21. The minimum Gasteiger partial charge on any atom is -0.377 e. The van der Waals surface area contributed by atoms with E-state index in [1.165, 1.54) is 0 Å². The van der Waals surface area contributed by atoms with Gasteiger partial charge in [-0.05, 0) is 12.8 Å². The highest BCUT2D eigenvalue weighted by atomic mass is 127. The van der Waals surface area contributed by atoms with Crippen molar-refractivity contribution < 1.29 is 14.2 Å². The number of hydrogen-bond acceptors (Lipinski definition) is 5. The zero-order valence-electron chi connectivity index (χ0n) is 15.6. The third-order valence-electron chi connectivity index (χ3n) is 4.53. The van der Waals surface area contributed by atoms with Gasteiger partial charge in [0, 0.05) is 45.6 Å². The number of aromatic nitrogens is 2. The summed E-state index contributed by atoms with van der Waals surface area (Å²) >= 11 is 0. The van der Waals surface area contributed by atoms with Crippen LogP contribution < -0.4 is 5.32 Å². The third-order valence-corrected chi connectivity index (χ3v) is 4.53. The van der Waals surface area contributed by atoms with Crippen LogP contribution >= 0.6 is 24.0 Å². The van der Waals surface area contributed by atoms with Crippen LogP contribution in [0.5, 0.6) is 0 Å². The van der Waals surface area contributed by atoms with Crippen LogP contribution in [0.3, 0.4) is 0 Å². The van der Waals surface area contributed by atoms with Gasteiger partial charge in [-0.25, -0.2) is 0 Å². The Morgan fingerprint density at radius 3 is 3.00 bits per heavy atom. The SMILES string of the molecule is CN=C(NCCOCC1CCCO1)N1CCOC(c2cnn(C)c2)C1.I. The maximum atomic E-state index is 5.89. The van der Waals surface area contributed by atoms with Crippen LogP contribution in [-0.4, -0.2) is 79.9 Å². The first kappa shape index (κ1) is 21.4. The average Bonchev–Trinajstić information content (AvgIpc) is 3.30. The maximum absolute atomic E-state index is 5.89. The Morgan fingerprint density at radius 2 is 2.31 bits per heavy atom. The standard InChI is InChI=1S/C17H29N5O3.HI/c1-18-17(19-5-8-23-13-15-4-3-7-24-15)22-6-9-25-16(12-22)14-10-20-21(2)11-14;/h10-11,15-16H,3-9,12-13H2,1-2H3,(H,18,19);1H. The first-order valence-electron chi connectivity index (χ1n) is 9.01. The Labute approximate surface area is 172 Å². The van der Waals surface area contributed by atoms with Gasteiger partial charge in [0.1, 0.15) is 6.10 Å². The molecule has 8 nitrogen and oxygen atoms in total. The lowest BCUT2D eigenvalue weighted by molar-refractivity contribution is -0.00843. The summed E-state index contributed by atoms with van der Waals surface area (Å²) in [5.74, 6) is 0.887. The Hall–Kier alpha value is -0.910. The summed E-state index contributed by atoms with van der Waals surface area (Å²) in [7, 11) is 3.73. The van der Waals surface area contributed by atoms with Crippen LogP contribution in [0.2, 0.25) is 0 Å². The molecular weight excluding hydrogens is 449 g/mol. The number of guanidine groups is 1. The van der Waals surface area contributed by atoms with E-state index in [1.807, 2.05) is 26.5 Å². The lowest BCUT2D eigenvalue weighted by Crippen LogP contribution is -2.48. The van der Waals surface area contributed by atoms with Crippen molar-refractivity contribution in [3.05, 3.63) is 18.0 Å². The number of hydrogen-bond donors (Lipinski definition) is 1. The van der Waals surface area contributed by atoms with Crippen LogP contribution in [0.1, 0.15) is 24.5 Å². The Bertz CT molecular complexity index is 562. The second-order valence-electron chi connectivity index (χ2n) is 6.44. The first-order chi connectivity index (χ1) is 12.3. The molecule has 1 aromatic rings. The molecule has 2 fully saturated rings. The highest BCUT2D eigenvalue weighted by molar-refractivity contribution is 14.0. The van der Waals surface area contributed by atoms with Gasteiger partial charge in [-0.2, -0.15) is 5.10 Å². The third kappa shape index (κ3) is 6.07. The molecule has 1 aromatic heterocycles. The predicted octanol–water partition coefficient (Wildman–Crippen LogP) is 1.18. The van der Waals surface area contributed by atoms with Crippen LogP contribution in [0.15, 0.2) is 17.4 Å². The predicted molar refractivity (Wildman–Crippen MR) is 110 cm³/mol. The van der Waals surface area contributed by atoms with Gasteiger partial charge in [0.15, 0.2) is 5.96 Å². The molecule has 3 heterocycles. The van der Waals surface area contributed by atoms with Gasteiger partial charge < -0.3 is 24.4 Å². The summed E-state index contributed by atoms with van der Waals surface area (Å²) in [5.41, 5.74) is 1.10. The van der Waals surface area contributed by atoms with Crippen LogP contribution in [0.4, 0.5) is 0 Å². The summed E-state index contributed by atoms with van der Waals surface area (Å²) in [6.45, 7) is 5.20. The van der Waals surface area contributed by atoms with Crippen LogP contribution in [-0.2, 0) is 21.3 Å². The molecule has 0 amide bonds. The van der Waals surface area contributed by atoms with E-state index in [9.17, 15) is 0 Å². The summed E-state index contributed by atoms with van der Waals surface area (Å²) in [5, 5.41) is 7.61. The van der Waals surface area contributed by atoms with E-state index in [4.69, 9.17) is 14.2 Å². The zero-order valence-corrected chi connectivity index (χ0v) is 17.9. The number of nitrogens with zero attached hydrogens (tertiary/aromatic N) is 4. The fourth-order valence-corrected chi connectivity index (χ4v) is 3.21. The minimum absolute atomic E-state index is 0. The molecule has 2 aliphatic rings. The van der Waals surface area contributed by atoms with E-state index in [2.05, 4.69) is 20.3 Å². The number of halogens is 1. The van der Waals surface area contributed by atoms with Crippen molar-refractivity contribution in [2.24, 2.45) is 12.0 Å². The van der Waals surface area contributed by atoms with Crippen molar-refractivity contribution >= 4 is 29.9 Å². The van der Waals surface area contributed by atoms with Gasteiger partial charge in [-0.1, -0.05) is 0 Å². The van der Waals surface area contributed by atoms with E-state index < -0.39 is 0 Å². The molecule has 2 unspecified atom stereocenters. The molecule has 9 heteroatoms. The second kappa shape index (κ2) is 11.1. The molecule has 2 aliphatic heterocycles. The van der Waals surface area contributed by atoms with Crippen LogP contribution in [0, 0.1) is 0 Å². The fraction of sp³-hybridized carbons (Fsp3) is 0.765. The van der Waals surface area contributed by atoms with E-state index in [1.54, 1.807) is 4.68 Å². The minimum atomic E-state index is 0. The lowest BCUT2D eigenvalue weighted by Gasteiger charge is -2.34. The fourth-order valence-electron chi connectivity index (χ4n) is 3.21. The van der Waals surface area contributed by atoms with Crippen molar-refractivity contribution in [2.45, 2.75) is 25.0 Å². The molecule has 0 aromatic carbocycles. The summed E-state index contributed by atoms with van der Waals surface area (Å²) in [6, 6.07) is 0. The Kier molecular flexibility index (Phi) is 9.09. The summed E-state index contributed by atoms with van der Waals surface area (Å²) < 4.78 is 18.9. The monoisotopic (exact) mass is 479 g/mol. The smallest absolute Gasteiger partial charge is 0.193 e. The number of nitrogens with one attached hydrogen (secondary N) is 1. The van der Waals surface area contributed by atoms with Gasteiger partial charge in [-0.15, -0.1) is 24.0 Å². The Morgan fingerprint density at radius 1 is 1.42 bits per heavy atom. The summed E-state index contributed by atoms with van der Waals surface area (Å²) in [4.78, 5) is 6.62. The molecule has 1 N–H and O–H groups in total. The molecule has 2 saturated heterocycles. The van der Waals surface area contributed by atoms with Gasteiger partial charge in [0.25, 0.3) is 0 Å². The number of morpholine rings is 1. The van der Waals surface area contributed by atoms with E-state index in [0.29, 0.717) is 19.8 Å². The second-order valence-corrected chi connectivity index (χ2v) is 6.44. The molecule has 0 aliphatic carbocycles. The topological polar surface area (TPSA) is 73.1 Å². The molecule has 148 valence electrons. The number of rotatable bonds is 6. The molecule has 0 spiro atoms. The molecule has 26 heavy (non-hydrogen) atoms. The van der Waals surface area contributed by atoms with Crippen molar-refractivity contribution in [1.82, 2.24) is 20.0 Å². The number of aryl methyl sites for hydroxylation is 1.